The molecule has 160 valence electrons. The SMILES string of the molecule is O=C(Nc1ccccc1)N[C@@H]1CC[C@H](CCNC(=O)c2ccccc2F)O[C@H]1CO. The number of hydrogen-bond acceptors (Lipinski definition) is 4. The van der Waals surface area contributed by atoms with Gasteiger partial charge in [0.25, 0.3) is 5.91 Å². The second-order valence-corrected chi connectivity index (χ2v) is 7.15. The zero-order valence-electron chi connectivity index (χ0n) is 16.5. The first-order chi connectivity index (χ1) is 14.6. The third-order valence-corrected chi connectivity index (χ3v) is 5.01. The van der Waals surface area contributed by atoms with Crippen molar-refractivity contribution >= 4 is 17.6 Å². The second kappa shape index (κ2) is 10.7. The molecule has 4 N–H and O–H groups in total. The number of rotatable bonds is 7. The van der Waals surface area contributed by atoms with Crippen LogP contribution in [-0.2, 0) is 4.74 Å². The van der Waals surface area contributed by atoms with Gasteiger partial charge < -0.3 is 25.8 Å². The molecule has 3 atom stereocenters. The Morgan fingerprint density at radius 2 is 1.80 bits per heavy atom. The van der Waals surface area contributed by atoms with Gasteiger partial charge in [0.2, 0.25) is 0 Å². The van der Waals surface area contributed by atoms with Crippen LogP contribution in [0.15, 0.2) is 54.6 Å². The summed E-state index contributed by atoms with van der Waals surface area (Å²) < 4.78 is 19.5. The third kappa shape index (κ3) is 6.01. The highest BCUT2D eigenvalue weighted by Gasteiger charge is 2.31. The van der Waals surface area contributed by atoms with E-state index in [1.54, 1.807) is 18.2 Å². The summed E-state index contributed by atoms with van der Waals surface area (Å²) in [6.45, 7) is 0.0942. The molecule has 2 aromatic rings. The summed E-state index contributed by atoms with van der Waals surface area (Å²) in [6, 6.07) is 14.2. The highest BCUT2D eigenvalue weighted by molar-refractivity contribution is 5.94. The predicted molar refractivity (Wildman–Crippen MR) is 111 cm³/mol. The normalized spacial score (nSPS) is 20.9. The van der Waals surface area contributed by atoms with Gasteiger partial charge in [-0.3, -0.25) is 4.79 Å². The molecular weight excluding hydrogens is 389 g/mol. The van der Waals surface area contributed by atoms with Crippen molar-refractivity contribution in [1.29, 1.82) is 0 Å². The van der Waals surface area contributed by atoms with Gasteiger partial charge in [0.05, 0.1) is 24.3 Å². The van der Waals surface area contributed by atoms with Crippen LogP contribution in [0.25, 0.3) is 0 Å². The van der Waals surface area contributed by atoms with Crippen LogP contribution in [0.1, 0.15) is 29.6 Å². The molecule has 0 unspecified atom stereocenters. The van der Waals surface area contributed by atoms with Gasteiger partial charge in [0.1, 0.15) is 11.9 Å². The molecule has 0 spiro atoms. The van der Waals surface area contributed by atoms with E-state index in [0.717, 1.165) is 0 Å². The predicted octanol–water partition coefficient (Wildman–Crippen LogP) is 2.68. The molecule has 3 rings (SSSR count). The number of carbonyl (C=O) groups is 2. The molecule has 1 aliphatic rings. The highest BCUT2D eigenvalue weighted by atomic mass is 19.1. The molecule has 0 bridgehead atoms. The Balaban J connectivity index is 1.43. The molecular formula is C22H26FN3O4. The number of para-hydroxylation sites is 1. The quantitative estimate of drug-likeness (QED) is 0.559. The zero-order valence-corrected chi connectivity index (χ0v) is 16.5. The molecule has 1 fully saturated rings. The first-order valence-corrected chi connectivity index (χ1v) is 9.98. The number of halogens is 1. The first-order valence-electron chi connectivity index (χ1n) is 9.98. The number of aliphatic hydroxyl groups excluding tert-OH is 1. The lowest BCUT2D eigenvalue weighted by molar-refractivity contribution is -0.0886. The van der Waals surface area contributed by atoms with Crippen LogP contribution >= 0.6 is 0 Å². The Bertz CT molecular complexity index is 849. The summed E-state index contributed by atoms with van der Waals surface area (Å²) >= 11 is 0. The van der Waals surface area contributed by atoms with Gasteiger partial charge in [0, 0.05) is 12.2 Å². The number of anilines is 1. The van der Waals surface area contributed by atoms with Gasteiger partial charge in [-0.25, -0.2) is 9.18 Å². The summed E-state index contributed by atoms with van der Waals surface area (Å²) in [7, 11) is 0. The average Bonchev–Trinajstić information content (AvgIpc) is 2.75. The van der Waals surface area contributed by atoms with Crippen LogP contribution in [-0.4, -0.2) is 48.4 Å². The second-order valence-electron chi connectivity index (χ2n) is 7.15. The number of ether oxygens (including phenoxy) is 1. The molecule has 8 heteroatoms. The van der Waals surface area contributed by atoms with E-state index in [-0.39, 0.29) is 30.3 Å². The average molecular weight is 415 g/mol. The van der Waals surface area contributed by atoms with Gasteiger partial charge in [-0.1, -0.05) is 30.3 Å². The summed E-state index contributed by atoms with van der Waals surface area (Å²) in [5, 5.41) is 17.9. The number of aliphatic hydroxyl groups is 1. The van der Waals surface area contributed by atoms with E-state index in [2.05, 4.69) is 16.0 Å². The van der Waals surface area contributed by atoms with E-state index in [4.69, 9.17) is 4.74 Å². The lowest BCUT2D eigenvalue weighted by atomic mass is 9.97. The van der Waals surface area contributed by atoms with Crippen molar-refractivity contribution < 1.29 is 23.8 Å². The first kappa shape index (κ1) is 21.7. The third-order valence-electron chi connectivity index (χ3n) is 5.01. The maximum Gasteiger partial charge on any atom is 0.319 e. The smallest absolute Gasteiger partial charge is 0.319 e. The van der Waals surface area contributed by atoms with Crippen LogP contribution in [0.5, 0.6) is 0 Å². The van der Waals surface area contributed by atoms with Gasteiger partial charge in [-0.05, 0) is 43.5 Å². The topological polar surface area (TPSA) is 99.7 Å². The lowest BCUT2D eigenvalue weighted by Crippen LogP contribution is -2.52. The van der Waals surface area contributed by atoms with Crippen molar-refractivity contribution in [3.8, 4) is 0 Å². The van der Waals surface area contributed by atoms with Crippen molar-refractivity contribution in [3.63, 3.8) is 0 Å². The highest BCUT2D eigenvalue weighted by Crippen LogP contribution is 2.22. The fourth-order valence-corrected chi connectivity index (χ4v) is 3.45. The van der Waals surface area contributed by atoms with Crippen molar-refractivity contribution in [2.45, 2.75) is 37.5 Å². The van der Waals surface area contributed by atoms with E-state index < -0.39 is 17.8 Å². The lowest BCUT2D eigenvalue weighted by Gasteiger charge is -2.36. The van der Waals surface area contributed by atoms with Gasteiger partial charge in [-0.15, -0.1) is 0 Å². The molecule has 30 heavy (non-hydrogen) atoms. The number of amides is 3. The molecule has 1 aliphatic heterocycles. The Morgan fingerprint density at radius 3 is 2.53 bits per heavy atom. The van der Waals surface area contributed by atoms with Crippen LogP contribution in [0.2, 0.25) is 0 Å². The summed E-state index contributed by atoms with van der Waals surface area (Å²) in [5.41, 5.74) is 0.680. The Hall–Kier alpha value is -2.97. The molecule has 0 radical (unpaired) electrons. The Kier molecular flexibility index (Phi) is 7.75. The van der Waals surface area contributed by atoms with Gasteiger partial charge in [0.15, 0.2) is 0 Å². The van der Waals surface area contributed by atoms with E-state index in [1.165, 1.54) is 18.2 Å². The Labute approximate surface area is 174 Å². The Morgan fingerprint density at radius 1 is 1.07 bits per heavy atom. The standard InChI is InChI=1S/C22H26FN3O4/c23-18-9-5-4-8-17(18)21(28)24-13-12-16-10-11-19(20(14-27)30-16)26-22(29)25-15-6-2-1-3-7-15/h1-9,16,19-20,27H,10-14H2,(H,24,28)(H2,25,26,29)/t16-,19-,20+/m1/s1. The van der Waals surface area contributed by atoms with Crippen molar-refractivity contribution in [1.82, 2.24) is 10.6 Å². The maximum atomic E-state index is 13.7. The summed E-state index contributed by atoms with van der Waals surface area (Å²) in [4.78, 5) is 24.3. The summed E-state index contributed by atoms with van der Waals surface area (Å²) in [5.74, 6) is -1.04. The van der Waals surface area contributed by atoms with Crippen LogP contribution in [0.3, 0.4) is 0 Å². The summed E-state index contributed by atoms with van der Waals surface area (Å²) in [6.07, 6.45) is 1.13. The fraction of sp³-hybridized carbons (Fsp3) is 0.364. The van der Waals surface area contributed by atoms with E-state index in [1.807, 2.05) is 18.2 Å². The molecule has 1 heterocycles. The minimum atomic E-state index is -0.563. The van der Waals surface area contributed by atoms with Gasteiger partial charge in [-0.2, -0.15) is 0 Å². The molecule has 3 amide bonds. The number of hydrogen-bond donors (Lipinski definition) is 4. The number of urea groups is 1. The van der Waals surface area contributed by atoms with Gasteiger partial charge >= 0.3 is 6.03 Å². The molecule has 7 nitrogen and oxygen atoms in total. The van der Waals surface area contributed by atoms with E-state index >= 15 is 0 Å². The molecule has 1 saturated heterocycles. The molecule has 0 aromatic heterocycles. The molecule has 0 aliphatic carbocycles. The zero-order chi connectivity index (χ0) is 21.3. The molecule has 2 aromatic carbocycles. The monoisotopic (exact) mass is 415 g/mol. The van der Waals surface area contributed by atoms with E-state index in [0.29, 0.717) is 31.5 Å². The van der Waals surface area contributed by atoms with Crippen molar-refractivity contribution in [3.05, 3.63) is 66.0 Å². The van der Waals surface area contributed by atoms with Crippen molar-refractivity contribution in [2.24, 2.45) is 0 Å². The van der Waals surface area contributed by atoms with Crippen molar-refractivity contribution in [2.75, 3.05) is 18.5 Å². The number of benzene rings is 2. The number of carbonyl (C=O) groups excluding carboxylic acids is 2. The van der Waals surface area contributed by atoms with Crippen LogP contribution in [0, 0.1) is 5.82 Å². The minimum Gasteiger partial charge on any atom is -0.394 e. The fourth-order valence-electron chi connectivity index (χ4n) is 3.45. The minimum absolute atomic E-state index is 0.00369. The molecule has 0 saturated carbocycles. The van der Waals surface area contributed by atoms with Crippen LogP contribution < -0.4 is 16.0 Å². The van der Waals surface area contributed by atoms with E-state index in [9.17, 15) is 19.1 Å². The van der Waals surface area contributed by atoms with Crippen LogP contribution in [0.4, 0.5) is 14.9 Å². The number of nitrogens with one attached hydrogen (secondary N) is 3. The maximum absolute atomic E-state index is 13.7. The largest absolute Gasteiger partial charge is 0.394 e.